The van der Waals surface area contributed by atoms with Gasteiger partial charge in [-0.05, 0) is 38.8 Å². The van der Waals surface area contributed by atoms with Crippen LogP contribution in [-0.2, 0) is 14.3 Å². The normalized spacial score (nSPS) is 12.4. The highest BCUT2D eigenvalue weighted by Crippen LogP contribution is 2.07. The molecule has 0 aromatic heterocycles. The van der Waals surface area contributed by atoms with Crippen LogP contribution in [0.25, 0.3) is 0 Å². The summed E-state index contributed by atoms with van der Waals surface area (Å²) >= 11 is 0. The van der Waals surface area contributed by atoms with Crippen LogP contribution in [-0.4, -0.2) is 36.0 Å². The Kier molecular flexibility index (Phi) is 6.95. The van der Waals surface area contributed by atoms with Crippen LogP contribution in [0.5, 0.6) is 0 Å². The highest BCUT2D eigenvalue weighted by Gasteiger charge is 2.27. The number of nitrogens with one attached hydrogen (secondary N) is 2. The molecular formula is C18H26N2O4. The molecule has 0 bridgehead atoms. The maximum Gasteiger partial charge on any atom is 0.329 e. The van der Waals surface area contributed by atoms with Crippen LogP contribution in [0.15, 0.2) is 30.3 Å². The minimum atomic E-state index is -0.819. The van der Waals surface area contributed by atoms with Crippen molar-refractivity contribution >= 4 is 17.8 Å². The Morgan fingerprint density at radius 2 is 1.67 bits per heavy atom. The molecule has 1 rings (SSSR count). The lowest BCUT2D eigenvalue weighted by Crippen LogP contribution is -2.47. The highest BCUT2D eigenvalue weighted by molar-refractivity contribution is 5.97. The molecule has 132 valence electrons. The lowest BCUT2D eigenvalue weighted by molar-refractivity contribution is -0.151. The minimum Gasteiger partial charge on any atom is -0.454 e. The molecule has 0 aliphatic rings. The van der Waals surface area contributed by atoms with Gasteiger partial charge in [0.25, 0.3) is 11.8 Å². The zero-order valence-electron chi connectivity index (χ0n) is 14.9. The molecule has 24 heavy (non-hydrogen) atoms. The first kappa shape index (κ1) is 19.7. The Morgan fingerprint density at radius 3 is 2.17 bits per heavy atom. The third-order valence-corrected chi connectivity index (χ3v) is 3.10. The number of ether oxygens (including phenoxy) is 1. The molecular weight excluding hydrogens is 308 g/mol. The van der Waals surface area contributed by atoms with Crippen LogP contribution >= 0.6 is 0 Å². The summed E-state index contributed by atoms with van der Waals surface area (Å²) in [5.74, 6) is -1.53. The van der Waals surface area contributed by atoms with E-state index in [-0.39, 0.29) is 24.3 Å². The molecule has 0 aliphatic heterocycles. The average molecular weight is 334 g/mol. The van der Waals surface area contributed by atoms with E-state index in [2.05, 4.69) is 10.6 Å². The number of esters is 1. The van der Waals surface area contributed by atoms with Crippen molar-refractivity contribution in [3.8, 4) is 0 Å². The highest BCUT2D eigenvalue weighted by atomic mass is 16.5. The predicted octanol–water partition coefficient (Wildman–Crippen LogP) is 1.90. The summed E-state index contributed by atoms with van der Waals surface area (Å²) in [7, 11) is 0. The number of carbonyl (C=O) groups excluding carboxylic acids is 3. The molecule has 2 amide bonds. The van der Waals surface area contributed by atoms with Gasteiger partial charge in [0.2, 0.25) is 0 Å². The minimum absolute atomic E-state index is 0.171. The van der Waals surface area contributed by atoms with Crippen molar-refractivity contribution in [3.63, 3.8) is 0 Å². The first-order valence-corrected chi connectivity index (χ1v) is 7.93. The van der Waals surface area contributed by atoms with E-state index in [1.807, 2.05) is 20.8 Å². The number of hydrogen-bond acceptors (Lipinski definition) is 4. The number of amides is 2. The van der Waals surface area contributed by atoms with Crippen molar-refractivity contribution in [3.05, 3.63) is 35.9 Å². The summed E-state index contributed by atoms with van der Waals surface area (Å²) < 4.78 is 5.04. The summed E-state index contributed by atoms with van der Waals surface area (Å²) in [5, 5.41) is 5.37. The van der Waals surface area contributed by atoms with Crippen molar-refractivity contribution < 1.29 is 19.1 Å². The van der Waals surface area contributed by atoms with Gasteiger partial charge >= 0.3 is 5.97 Å². The molecule has 1 aromatic rings. The van der Waals surface area contributed by atoms with Crippen molar-refractivity contribution in [1.29, 1.82) is 0 Å². The van der Waals surface area contributed by atoms with Gasteiger partial charge in [0, 0.05) is 11.1 Å². The van der Waals surface area contributed by atoms with Gasteiger partial charge < -0.3 is 15.4 Å². The molecule has 2 N–H and O–H groups in total. The second-order valence-corrected chi connectivity index (χ2v) is 6.97. The monoisotopic (exact) mass is 334 g/mol. The topological polar surface area (TPSA) is 84.5 Å². The molecule has 6 heteroatoms. The first-order valence-electron chi connectivity index (χ1n) is 7.93. The van der Waals surface area contributed by atoms with Crippen LogP contribution in [0.1, 0.15) is 45.0 Å². The fourth-order valence-corrected chi connectivity index (χ4v) is 1.99. The van der Waals surface area contributed by atoms with Gasteiger partial charge in [-0.2, -0.15) is 0 Å². The molecule has 0 fully saturated rings. The van der Waals surface area contributed by atoms with Gasteiger partial charge in [0.05, 0.1) is 0 Å². The van der Waals surface area contributed by atoms with Crippen LogP contribution in [0.3, 0.4) is 0 Å². The lowest BCUT2D eigenvalue weighted by atomic mass is 10.0. The molecule has 1 atom stereocenters. The van der Waals surface area contributed by atoms with E-state index in [1.165, 1.54) is 0 Å². The zero-order valence-corrected chi connectivity index (χ0v) is 14.9. The van der Waals surface area contributed by atoms with E-state index in [1.54, 1.807) is 44.2 Å². The maximum absolute atomic E-state index is 12.2. The number of benzene rings is 1. The smallest absolute Gasteiger partial charge is 0.329 e. The van der Waals surface area contributed by atoms with E-state index >= 15 is 0 Å². The van der Waals surface area contributed by atoms with Gasteiger partial charge in [-0.15, -0.1) is 0 Å². The molecule has 1 aromatic carbocycles. The Hall–Kier alpha value is -2.37. The standard InChI is InChI=1S/C18H26N2O4/c1-12(2)15(19-16(22)13-9-7-6-8-10-13)17(23)24-11-14(21)20-18(3,4)5/h6-10,12,15H,11H2,1-5H3,(H,19,22)(H,20,21)/t15-/m0/s1. The van der Waals surface area contributed by atoms with E-state index < -0.39 is 17.6 Å². The third-order valence-electron chi connectivity index (χ3n) is 3.10. The second kappa shape index (κ2) is 8.47. The summed E-state index contributed by atoms with van der Waals surface area (Å²) in [6.07, 6.45) is 0. The van der Waals surface area contributed by atoms with Crippen molar-refractivity contribution in [2.75, 3.05) is 6.61 Å². The summed E-state index contributed by atoms with van der Waals surface area (Å²) in [5.41, 5.74) is 0.0593. The number of carbonyl (C=O) groups is 3. The molecule has 0 spiro atoms. The molecule has 0 heterocycles. The Balaban J connectivity index is 2.63. The van der Waals surface area contributed by atoms with Crippen LogP contribution in [0.4, 0.5) is 0 Å². The molecule has 0 radical (unpaired) electrons. The summed E-state index contributed by atoms with van der Waals surface area (Å²) in [6, 6.07) is 7.80. The Morgan fingerprint density at radius 1 is 1.08 bits per heavy atom. The number of rotatable bonds is 6. The van der Waals surface area contributed by atoms with Gasteiger partial charge in [-0.1, -0.05) is 32.0 Å². The molecule has 0 aliphatic carbocycles. The van der Waals surface area contributed by atoms with Crippen LogP contribution in [0, 0.1) is 5.92 Å². The van der Waals surface area contributed by atoms with Crippen LogP contribution in [0.2, 0.25) is 0 Å². The fraction of sp³-hybridized carbons (Fsp3) is 0.500. The number of hydrogen-bond donors (Lipinski definition) is 2. The largest absolute Gasteiger partial charge is 0.454 e. The molecule has 0 saturated carbocycles. The van der Waals surface area contributed by atoms with Crippen molar-refractivity contribution in [2.45, 2.75) is 46.2 Å². The Labute approximate surface area is 143 Å². The van der Waals surface area contributed by atoms with Gasteiger partial charge in [-0.3, -0.25) is 9.59 Å². The Bertz CT molecular complexity index is 576. The lowest BCUT2D eigenvalue weighted by Gasteiger charge is -2.23. The van der Waals surface area contributed by atoms with Crippen molar-refractivity contribution in [1.82, 2.24) is 10.6 Å². The van der Waals surface area contributed by atoms with Gasteiger partial charge in [-0.25, -0.2) is 4.79 Å². The average Bonchev–Trinajstić information content (AvgIpc) is 2.49. The van der Waals surface area contributed by atoms with Gasteiger partial charge in [0.15, 0.2) is 6.61 Å². The van der Waals surface area contributed by atoms with E-state index in [9.17, 15) is 14.4 Å². The third kappa shape index (κ3) is 6.81. The maximum atomic E-state index is 12.2. The molecule has 0 unspecified atom stereocenters. The molecule has 6 nitrogen and oxygen atoms in total. The fourth-order valence-electron chi connectivity index (χ4n) is 1.99. The van der Waals surface area contributed by atoms with E-state index in [0.717, 1.165) is 0 Å². The van der Waals surface area contributed by atoms with Crippen LogP contribution < -0.4 is 10.6 Å². The second-order valence-electron chi connectivity index (χ2n) is 6.97. The molecule has 0 saturated heterocycles. The summed E-state index contributed by atoms with van der Waals surface area (Å²) in [4.78, 5) is 36.1. The van der Waals surface area contributed by atoms with Crippen molar-refractivity contribution in [2.24, 2.45) is 5.92 Å². The first-order chi connectivity index (χ1) is 11.1. The summed E-state index contributed by atoms with van der Waals surface area (Å²) in [6.45, 7) is 8.73. The SMILES string of the molecule is CC(C)[C@H](NC(=O)c1ccccc1)C(=O)OCC(=O)NC(C)(C)C. The zero-order chi connectivity index (χ0) is 18.3. The quantitative estimate of drug-likeness (QED) is 0.778. The van der Waals surface area contributed by atoms with E-state index in [4.69, 9.17) is 4.74 Å². The van der Waals surface area contributed by atoms with Gasteiger partial charge in [0.1, 0.15) is 6.04 Å². The predicted molar refractivity (Wildman–Crippen MR) is 91.4 cm³/mol. The van der Waals surface area contributed by atoms with E-state index in [0.29, 0.717) is 5.56 Å².